The Morgan fingerprint density at radius 3 is 2.10 bits per heavy atom. The molecule has 0 aliphatic carbocycles. The summed E-state index contributed by atoms with van der Waals surface area (Å²) in [6.45, 7) is 0. The third-order valence-corrected chi connectivity index (χ3v) is 2.34. The Hall–Kier alpha value is 0.504. The fraction of sp³-hybridized carbons (Fsp3) is 1.00. The zero-order valence-corrected chi connectivity index (χ0v) is 7.30. The molecule has 0 saturated carbocycles. The molecule has 2 rings (SSSR count). The summed E-state index contributed by atoms with van der Waals surface area (Å²) in [5, 5.41) is 13.7. The smallest absolute Gasteiger partial charge is 0.0512 e. The van der Waals surface area contributed by atoms with Crippen LogP contribution in [0.2, 0.25) is 0 Å². The van der Waals surface area contributed by atoms with Gasteiger partial charge in [-0.2, -0.15) is 0 Å². The fourth-order valence-corrected chi connectivity index (χ4v) is 1.91. The van der Waals surface area contributed by atoms with Gasteiger partial charge in [-0.25, -0.2) is 0 Å². The van der Waals surface area contributed by atoms with Gasteiger partial charge in [0.05, 0.1) is 6.10 Å². The minimum Gasteiger partial charge on any atom is -0.657 e. The molecule has 2 bridgehead atoms. The molecule has 1 unspecified atom stereocenters. The molecule has 0 aromatic heterocycles. The van der Waals surface area contributed by atoms with Crippen molar-refractivity contribution < 1.29 is 23.7 Å². The summed E-state index contributed by atoms with van der Waals surface area (Å²) >= 11 is 0. The zero-order valence-electron chi connectivity index (χ0n) is 5.90. The number of hydrogen-bond acceptors (Lipinski definition) is 1. The van der Waals surface area contributed by atoms with E-state index in [0.717, 1.165) is 12.8 Å². The van der Waals surface area contributed by atoms with Gasteiger partial charge >= 0.3 is 0 Å². The predicted molar refractivity (Wildman–Crippen MR) is 35.4 cm³/mol. The van der Waals surface area contributed by atoms with Crippen molar-refractivity contribution in [3.05, 3.63) is 5.32 Å². The van der Waals surface area contributed by atoms with Gasteiger partial charge in [-0.1, -0.05) is 12.8 Å². The molecule has 2 aliphatic rings. The molecule has 57 valence electrons. The third kappa shape index (κ3) is 1.56. The number of aliphatic hydroxyl groups is 1. The van der Waals surface area contributed by atoms with E-state index in [2.05, 4.69) is 5.32 Å². The topological polar surface area (TPSA) is 34.3 Å². The molecule has 2 aliphatic heterocycles. The van der Waals surface area contributed by atoms with Crippen molar-refractivity contribution in [2.75, 3.05) is 0 Å². The van der Waals surface area contributed by atoms with Crippen LogP contribution >= 0.6 is 0 Å². The minimum absolute atomic E-state index is 0. The van der Waals surface area contributed by atoms with E-state index in [0.29, 0.717) is 12.1 Å². The van der Waals surface area contributed by atoms with Gasteiger partial charge < -0.3 is 10.4 Å². The third-order valence-electron chi connectivity index (χ3n) is 2.34. The van der Waals surface area contributed by atoms with Crippen molar-refractivity contribution in [1.29, 1.82) is 0 Å². The average Bonchev–Trinajstić information content (AvgIpc) is 2.11. The van der Waals surface area contributed by atoms with Crippen molar-refractivity contribution in [2.45, 2.75) is 43.9 Å². The summed E-state index contributed by atoms with van der Waals surface area (Å²) in [5.74, 6) is 0. The number of piperidine rings is 1. The fourth-order valence-electron chi connectivity index (χ4n) is 1.91. The van der Waals surface area contributed by atoms with E-state index in [1.54, 1.807) is 0 Å². The Kier molecular flexibility index (Phi) is 2.81. The molecule has 0 aromatic carbocycles. The monoisotopic (exact) mass is 177 g/mol. The second-order valence-corrected chi connectivity index (χ2v) is 3.16. The second kappa shape index (κ2) is 3.27. The first kappa shape index (κ1) is 8.60. The van der Waals surface area contributed by atoms with Crippen LogP contribution in [0.1, 0.15) is 25.7 Å². The number of rotatable bonds is 0. The predicted octanol–water partition coefficient (Wildman–Crippen LogP) is 1.04. The van der Waals surface area contributed by atoms with E-state index in [1.807, 2.05) is 0 Å². The van der Waals surface area contributed by atoms with Crippen LogP contribution in [0.15, 0.2) is 0 Å². The molecule has 0 aromatic rings. The summed E-state index contributed by atoms with van der Waals surface area (Å²) in [4.78, 5) is 0. The summed E-state index contributed by atoms with van der Waals surface area (Å²) < 4.78 is 0. The van der Waals surface area contributed by atoms with Crippen LogP contribution in [0.3, 0.4) is 0 Å². The molecular weight excluding hydrogens is 165 g/mol. The molecule has 2 nitrogen and oxygen atoms in total. The van der Waals surface area contributed by atoms with Crippen LogP contribution in [-0.4, -0.2) is 23.3 Å². The average molecular weight is 177 g/mol. The van der Waals surface area contributed by atoms with Gasteiger partial charge in [-0.15, -0.1) is 12.1 Å². The summed E-state index contributed by atoms with van der Waals surface area (Å²) in [6.07, 6.45) is 4.26. The van der Waals surface area contributed by atoms with E-state index >= 15 is 0 Å². The van der Waals surface area contributed by atoms with Crippen LogP contribution < -0.4 is 0 Å². The maximum absolute atomic E-state index is 9.23. The molecule has 0 amide bonds. The molecule has 2 heterocycles. The Labute approximate surface area is 73.3 Å². The van der Waals surface area contributed by atoms with E-state index < -0.39 is 0 Å². The van der Waals surface area contributed by atoms with Gasteiger partial charge in [0.25, 0.3) is 0 Å². The maximum Gasteiger partial charge on any atom is 0.0512 e. The van der Waals surface area contributed by atoms with Crippen LogP contribution in [0, 0.1) is 0 Å². The van der Waals surface area contributed by atoms with Crippen LogP contribution in [0.5, 0.6) is 0 Å². The maximum atomic E-state index is 9.23. The molecule has 2 fully saturated rings. The van der Waals surface area contributed by atoms with Crippen molar-refractivity contribution in [3.63, 3.8) is 0 Å². The standard InChI is InChI=1S/C7H12NO.V/c9-7-3-5-1-2-6(4-7)8-5;/h5-7,9H,1-4H2;/q-1;/t5-,6+,7?;. The van der Waals surface area contributed by atoms with Crippen LogP contribution in [-0.2, 0) is 18.6 Å². The molecular formula is C7H12NOV-. The van der Waals surface area contributed by atoms with Crippen molar-refractivity contribution in [3.8, 4) is 0 Å². The van der Waals surface area contributed by atoms with Gasteiger partial charge in [0.1, 0.15) is 0 Å². The number of nitrogens with zero attached hydrogens (tertiary/aromatic N) is 1. The van der Waals surface area contributed by atoms with Gasteiger partial charge in [0, 0.05) is 18.6 Å². The van der Waals surface area contributed by atoms with Gasteiger partial charge in [0.15, 0.2) is 0 Å². The Balaban J connectivity index is 0.000000500. The van der Waals surface area contributed by atoms with Gasteiger partial charge in [-0.3, -0.25) is 0 Å². The quantitative estimate of drug-likeness (QED) is 0.589. The van der Waals surface area contributed by atoms with Crippen molar-refractivity contribution in [1.82, 2.24) is 0 Å². The van der Waals surface area contributed by atoms with E-state index in [1.165, 1.54) is 12.8 Å². The Morgan fingerprint density at radius 2 is 1.60 bits per heavy atom. The molecule has 1 radical (unpaired) electrons. The Morgan fingerprint density at radius 1 is 1.10 bits per heavy atom. The largest absolute Gasteiger partial charge is 0.657 e. The van der Waals surface area contributed by atoms with E-state index in [4.69, 9.17) is 0 Å². The zero-order chi connectivity index (χ0) is 6.27. The number of fused-ring (bicyclic) bond motifs is 2. The van der Waals surface area contributed by atoms with Gasteiger partial charge in [0.2, 0.25) is 0 Å². The number of aliphatic hydroxyl groups excluding tert-OH is 1. The van der Waals surface area contributed by atoms with Crippen molar-refractivity contribution in [2.24, 2.45) is 0 Å². The second-order valence-electron chi connectivity index (χ2n) is 3.16. The molecule has 0 spiro atoms. The first-order chi connectivity index (χ1) is 4.34. The molecule has 10 heavy (non-hydrogen) atoms. The molecule has 1 N–H and O–H groups in total. The van der Waals surface area contributed by atoms with Crippen LogP contribution in [0.25, 0.3) is 5.32 Å². The number of hydrogen-bond donors (Lipinski definition) is 1. The molecule has 3 heteroatoms. The molecule has 2 saturated heterocycles. The van der Waals surface area contributed by atoms with Crippen LogP contribution in [0.4, 0.5) is 0 Å². The van der Waals surface area contributed by atoms with E-state index in [-0.39, 0.29) is 24.7 Å². The SMILES string of the molecule is OC1C[C@H]2CC[C@@H](C1)[N-]2.[V]. The minimum atomic E-state index is -0.0417. The molecule has 3 atom stereocenters. The normalized spacial score (nSPS) is 44.7. The van der Waals surface area contributed by atoms with Gasteiger partial charge in [-0.05, 0) is 12.8 Å². The first-order valence-corrected chi connectivity index (χ1v) is 3.72. The van der Waals surface area contributed by atoms with E-state index in [9.17, 15) is 5.11 Å². The summed E-state index contributed by atoms with van der Waals surface area (Å²) in [5.41, 5.74) is 0. The summed E-state index contributed by atoms with van der Waals surface area (Å²) in [6, 6.07) is 1.03. The first-order valence-electron chi connectivity index (χ1n) is 3.72. The van der Waals surface area contributed by atoms with Crippen molar-refractivity contribution >= 4 is 0 Å². The Bertz CT molecular complexity index is 108. The summed E-state index contributed by atoms with van der Waals surface area (Å²) in [7, 11) is 0.